The molecule has 1 N–H and O–H groups in total. The number of rotatable bonds is 3. The quantitative estimate of drug-likeness (QED) is 0.925. The van der Waals surface area contributed by atoms with Crippen molar-refractivity contribution >= 4 is 0 Å². The molecule has 1 heterocycles. The van der Waals surface area contributed by atoms with Crippen LogP contribution >= 0.6 is 0 Å². The molecule has 5 rings (SSSR count). The van der Waals surface area contributed by atoms with Gasteiger partial charge in [0.1, 0.15) is 5.75 Å². The van der Waals surface area contributed by atoms with Gasteiger partial charge in [-0.3, -0.25) is 4.98 Å². The van der Waals surface area contributed by atoms with E-state index in [4.69, 9.17) is 4.74 Å². The second kappa shape index (κ2) is 4.70. The van der Waals surface area contributed by atoms with E-state index in [1.165, 1.54) is 32.1 Å². The Bertz CT molecular complexity index is 512. The van der Waals surface area contributed by atoms with E-state index in [0.717, 1.165) is 23.1 Å². The molecule has 4 aliphatic rings. The molecule has 1 aromatic rings. The fraction of sp³-hybridized carbons (Fsp3) is 0.722. The van der Waals surface area contributed by atoms with Crippen LogP contribution in [0.3, 0.4) is 0 Å². The summed E-state index contributed by atoms with van der Waals surface area (Å²) >= 11 is 0. The summed E-state index contributed by atoms with van der Waals surface area (Å²) in [5.74, 6) is 3.34. The largest absolute Gasteiger partial charge is 0.489 e. The van der Waals surface area contributed by atoms with E-state index in [-0.39, 0.29) is 6.10 Å². The minimum absolute atomic E-state index is 0.134. The molecule has 4 aliphatic carbocycles. The zero-order chi connectivity index (χ0) is 14.6. The molecule has 0 saturated heterocycles. The number of aliphatic hydroxyl groups is 1. The molecule has 3 heteroatoms. The van der Waals surface area contributed by atoms with Gasteiger partial charge >= 0.3 is 0 Å². The molecule has 1 aromatic heterocycles. The summed E-state index contributed by atoms with van der Waals surface area (Å²) in [5, 5.41) is 11.5. The molecule has 0 spiro atoms. The topological polar surface area (TPSA) is 42.4 Å². The van der Waals surface area contributed by atoms with Crippen molar-refractivity contribution < 1.29 is 9.84 Å². The zero-order valence-electron chi connectivity index (χ0n) is 13.0. The lowest BCUT2D eigenvalue weighted by atomic mass is 9.48. The molecule has 0 atom stereocenters. The van der Waals surface area contributed by atoms with Crippen LogP contribution in [-0.4, -0.2) is 16.2 Å². The van der Waals surface area contributed by atoms with Crippen LogP contribution in [0.5, 0.6) is 5.75 Å². The van der Waals surface area contributed by atoms with Gasteiger partial charge in [-0.05, 0) is 75.7 Å². The molecule has 4 fully saturated rings. The summed E-state index contributed by atoms with van der Waals surface area (Å²) in [6.07, 6.45) is 9.92. The highest BCUT2D eigenvalue weighted by atomic mass is 16.5. The molecule has 0 amide bonds. The second-order valence-electron chi connectivity index (χ2n) is 7.71. The van der Waals surface area contributed by atoms with Crippen molar-refractivity contribution in [3.63, 3.8) is 0 Å². The van der Waals surface area contributed by atoms with Crippen LogP contribution in [0.25, 0.3) is 0 Å². The first-order chi connectivity index (χ1) is 10.1. The smallest absolute Gasteiger partial charge is 0.138 e. The number of ether oxygens (including phenoxy) is 1. The average Bonchev–Trinajstić information content (AvgIpc) is 2.43. The van der Waals surface area contributed by atoms with Crippen LogP contribution in [0.1, 0.15) is 51.5 Å². The third-order valence-electron chi connectivity index (χ3n) is 5.93. The molecule has 0 aromatic carbocycles. The third kappa shape index (κ3) is 2.09. The first kappa shape index (κ1) is 13.6. The van der Waals surface area contributed by atoms with Gasteiger partial charge in [0.2, 0.25) is 0 Å². The second-order valence-corrected chi connectivity index (χ2v) is 7.71. The lowest BCUT2D eigenvalue weighted by Crippen LogP contribution is -2.55. The summed E-state index contributed by atoms with van der Waals surface area (Å²) < 4.78 is 5.77. The number of aromatic nitrogens is 1. The minimum Gasteiger partial charge on any atom is -0.489 e. The standard InChI is InChI=1S/C18H25NO2/c1-11(2)21-17-8-16(9-19-10-17)18(20)14-4-12-3-13(6-14)7-15(18)5-12/h8-15,20H,3-7H2,1-2H3. The molecule has 114 valence electrons. The lowest BCUT2D eigenvalue weighted by Gasteiger charge is -2.59. The van der Waals surface area contributed by atoms with Gasteiger partial charge in [-0.15, -0.1) is 0 Å². The van der Waals surface area contributed by atoms with Gasteiger partial charge in [-0.25, -0.2) is 0 Å². The molecule has 0 unspecified atom stereocenters. The van der Waals surface area contributed by atoms with E-state index in [9.17, 15) is 5.11 Å². The Hall–Kier alpha value is -1.09. The van der Waals surface area contributed by atoms with Gasteiger partial charge in [0.05, 0.1) is 17.9 Å². The molecule has 0 aliphatic heterocycles. The highest BCUT2D eigenvalue weighted by Crippen LogP contribution is 2.61. The number of hydrogen-bond donors (Lipinski definition) is 1. The van der Waals surface area contributed by atoms with Crippen molar-refractivity contribution in [3.8, 4) is 5.75 Å². The first-order valence-corrected chi connectivity index (χ1v) is 8.40. The maximum Gasteiger partial charge on any atom is 0.138 e. The van der Waals surface area contributed by atoms with E-state index in [0.29, 0.717) is 11.8 Å². The Balaban J connectivity index is 1.68. The molecule has 0 radical (unpaired) electrons. The third-order valence-corrected chi connectivity index (χ3v) is 5.93. The van der Waals surface area contributed by atoms with E-state index >= 15 is 0 Å². The van der Waals surface area contributed by atoms with Crippen molar-refractivity contribution in [2.45, 2.75) is 57.7 Å². The van der Waals surface area contributed by atoms with Gasteiger partial charge in [0.15, 0.2) is 0 Å². The summed E-state index contributed by atoms with van der Waals surface area (Å²) in [6.45, 7) is 4.04. The highest BCUT2D eigenvalue weighted by molar-refractivity contribution is 5.31. The van der Waals surface area contributed by atoms with Crippen molar-refractivity contribution in [2.75, 3.05) is 0 Å². The monoisotopic (exact) mass is 287 g/mol. The van der Waals surface area contributed by atoms with Crippen molar-refractivity contribution in [3.05, 3.63) is 24.0 Å². The number of nitrogens with zero attached hydrogens (tertiary/aromatic N) is 1. The Morgan fingerprint density at radius 2 is 1.71 bits per heavy atom. The van der Waals surface area contributed by atoms with Gasteiger partial charge in [0.25, 0.3) is 0 Å². The Labute approximate surface area is 126 Å². The minimum atomic E-state index is -0.670. The predicted molar refractivity (Wildman–Crippen MR) is 80.9 cm³/mol. The van der Waals surface area contributed by atoms with Crippen LogP contribution in [0.4, 0.5) is 0 Å². The summed E-state index contributed by atoms with van der Waals surface area (Å²) in [7, 11) is 0. The van der Waals surface area contributed by atoms with Crippen LogP contribution < -0.4 is 4.74 Å². The molecular weight excluding hydrogens is 262 g/mol. The average molecular weight is 287 g/mol. The fourth-order valence-corrected chi connectivity index (χ4v) is 5.35. The summed E-state index contributed by atoms with van der Waals surface area (Å²) in [4.78, 5) is 4.33. The molecular formula is C18H25NO2. The SMILES string of the molecule is CC(C)Oc1cncc(C2(O)C3CC4CC(C3)CC2C4)c1. The molecule has 4 saturated carbocycles. The van der Waals surface area contributed by atoms with Crippen LogP contribution in [0.15, 0.2) is 18.5 Å². The Kier molecular flexibility index (Phi) is 3.04. The van der Waals surface area contributed by atoms with E-state index in [1.54, 1.807) is 6.20 Å². The van der Waals surface area contributed by atoms with Gasteiger partial charge < -0.3 is 9.84 Å². The van der Waals surface area contributed by atoms with Crippen molar-refractivity contribution in [1.82, 2.24) is 4.98 Å². The summed E-state index contributed by atoms with van der Waals surface area (Å²) in [6, 6.07) is 2.02. The van der Waals surface area contributed by atoms with Gasteiger partial charge in [0, 0.05) is 11.8 Å². The van der Waals surface area contributed by atoms with Gasteiger partial charge in [-0.2, -0.15) is 0 Å². The van der Waals surface area contributed by atoms with Crippen LogP contribution in [0, 0.1) is 23.7 Å². The van der Waals surface area contributed by atoms with E-state index < -0.39 is 5.60 Å². The fourth-order valence-electron chi connectivity index (χ4n) is 5.35. The van der Waals surface area contributed by atoms with Gasteiger partial charge in [-0.1, -0.05) is 0 Å². The van der Waals surface area contributed by atoms with E-state index in [2.05, 4.69) is 4.98 Å². The van der Waals surface area contributed by atoms with Crippen LogP contribution in [-0.2, 0) is 5.60 Å². The van der Waals surface area contributed by atoms with Crippen molar-refractivity contribution in [1.29, 1.82) is 0 Å². The summed E-state index contributed by atoms with van der Waals surface area (Å²) in [5.41, 5.74) is 0.311. The molecule has 3 nitrogen and oxygen atoms in total. The first-order valence-electron chi connectivity index (χ1n) is 8.40. The molecule has 21 heavy (non-hydrogen) atoms. The molecule has 4 bridgehead atoms. The Morgan fingerprint density at radius 1 is 1.10 bits per heavy atom. The number of hydrogen-bond acceptors (Lipinski definition) is 3. The van der Waals surface area contributed by atoms with Crippen molar-refractivity contribution in [2.24, 2.45) is 23.7 Å². The normalized spacial score (nSPS) is 40.8. The zero-order valence-corrected chi connectivity index (χ0v) is 13.0. The maximum absolute atomic E-state index is 11.5. The van der Waals surface area contributed by atoms with Crippen LogP contribution in [0.2, 0.25) is 0 Å². The predicted octanol–water partition coefficient (Wildman–Crippen LogP) is 3.51. The van der Waals surface area contributed by atoms with E-state index in [1.807, 2.05) is 26.1 Å². The highest BCUT2D eigenvalue weighted by Gasteiger charge is 2.57. The lowest BCUT2D eigenvalue weighted by molar-refractivity contribution is -0.179. The maximum atomic E-state index is 11.5. The number of pyridine rings is 1. The Morgan fingerprint density at radius 3 is 2.29 bits per heavy atom.